The van der Waals surface area contributed by atoms with Crippen molar-refractivity contribution in [3.63, 3.8) is 0 Å². The van der Waals surface area contributed by atoms with Crippen LogP contribution in [-0.4, -0.2) is 21.5 Å². The van der Waals surface area contributed by atoms with E-state index in [-0.39, 0.29) is 28.9 Å². The molecule has 0 aliphatic heterocycles. The summed E-state index contributed by atoms with van der Waals surface area (Å²) in [6.45, 7) is 4.49. The van der Waals surface area contributed by atoms with Crippen LogP contribution < -0.4 is 10.6 Å². The predicted octanol–water partition coefficient (Wildman–Crippen LogP) is 7.54. The topological polar surface area (TPSA) is 62.7 Å². The summed E-state index contributed by atoms with van der Waals surface area (Å²) in [6.07, 6.45) is -7.78. The first kappa shape index (κ1) is 25.2. The van der Waals surface area contributed by atoms with Gasteiger partial charge in [-0.3, -0.25) is 4.98 Å². The van der Waals surface area contributed by atoms with Gasteiger partial charge in [0, 0.05) is 29.4 Å². The SMILES string of the molecule is CC(C)CNc1nc(Nc2ccc(C(F)(F)F)cc2)c2ccc(-c3ncccc3C(F)(F)F)cc2n1. The molecule has 2 N–H and O–H groups in total. The first-order chi connectivity index (χ1) is 16.9. The molecule has 36 heavy (non-hydrogen) atoms. The average molecular weight is 505 g/mol. The van der Waals surface area contributed by atoms with Crippen molar-refractivity contribution in [3.8, 4) is 11.3 Å². The zero-order valence-corrected chi connectivity index (χ0v) is 19.2. The van der Waals surface area contributed by atoms with Crippen molar-refractivity contribution >= 4 is 28.4 Å². The molecule has 2 aromatic carbocycles. The van der Waals surface area contributed by atoms with Gasteiger partial charge in [-0.25, -0.2) is 4.98 Å². The van der Waals surface area contributed by atoms with Gasteiger partial charge in [-0.1, -0.05) is 19.9 Å². The van der Waals surface area contributed by atoms with Gasteiger partial charge in [0.05, 0.1) is 22.3 Å². The molecular weight excluding hydrogens is 484 g/mol. The number of alkyl halides is 6. The van der Waals surface area contributed by atoms with Crippen LogP contribution >= 0.6 is 0 Å². The Morgan fingerprint density at radius 3 is 2.22 bits per heavy atom. The Hall–Kier alpha value is -3.89. The van der Waals surface area contributed by atoms with Crippen LogP contribution in [0.25, 0.3) is 22.2 Å². The second-order valence-corrected chi connectivity index (χ2v) is 8.50. The maximum Gasteiger partial charge on any atom is 0.418 e. The van der Waals surface area contributed by atoms with Crippen molar-refractivity contribution in [1.82, 2.24) is 15.0 Å². The summed E-state index contributed by atoms with van der Waals surface area (Å²) in [4.78, 5) is 12.8. The molecule has 0 aliphatic rings. The number of fused-ring (bicyclic) bond motifs is 1. The van der Waals surface area contributed by atoms with Crippen LogP contribution in [0, 0.1) is 5.92 Å². The van der Waals surface area contributed by atoms with Crippen LogP contribution in [-0.2, 0) is 12.4 Å². The van der Waals surface area contributed by atoms with Crippen LogP contribution in [0.15, 0.2) is 60.8 Å². The van der Waals surface area contributed by atoms with Gasteiger partial charge in [0.1, 0.15) is 5.82 Å². The van der Waals surface area contributed by atoms with E-state index in [0.29, 0.717) is 23.1 Å². The highest BCUT2D eigenvalue weighted by Gasteiger charge is 2.34. The molecule has 4 rings (SSSR count). The molecule has 4 aromatic rings. The fourth-order valence-corrected chi connectivity index (χ4v) is 3.49. The number of hydrogen-bond acceptors (Lipinski definition) is 5. The number of rotatable bonds is 6. The van der Waals surface area contributed by atoms with Crippen molar-refractivity contribution in [2.45, 2.75) is 26.2 Å². The predicted molar refractivity (Wildman–Crippen MR) is 126 cm³/mol. The van der Waals surface area contributed by atoms with E-state index >= 15 is 0 Å². The van der Waals surface area contributed by atoms with Crippen LogP contribution in [0.1, 0.15) is 25.0 Å². The summed E-state index contributed by atoms with van der Waals surface area (Å²) in [5.74, 6) is 0.763. The van der Waals surface area contributed by atoms with E-state index in [1.807, 2.05) is 13.8 Å². The van der Waals surface area contributed by atoms with Gasteiger partial charge in [0.15, 0.2) is 0 Å². The van der Waals surface area contributed by atoms with Crippen LogP contribution in [0.5, 0.6) is 0 Å². The molecular formula is C25H21F6N5. The number of benzene rings is 2. The minimum atomic E-state index is -4.59. The molecule has 0 spiro atoms. The normalized spacial score (nSPS) is 12.2. The number of nitrogens with one attached hydrogen (secondary N) is 2. The third-order valence-corrected chi connectivity index (χ3v) is 5.23. The van der Waals surface area contributed by atoms with Crippen molar-refractivity contribution < 1.29 is 26.3 Å². The summed E-state index contributed by atoms with van der Waals surface area (Å²) >= 11 is 0. The van der Waals surface area contributed by atoms with E-state index in [1.165, 1.54) is 36.5 Å². The van der Waals surface area contributed by atoms with Gasteiger partial charge < -0.3 is 10.6 Å². The molecule has 0 radical (unpaired) electrons. The highest BCUT2D eigenvalue weighted by Crippen LogP contribution is 2.37. The molecule has 0 unspecified atom stereocenters. The fourth-order valence-electron chi connectivity index (χ4n) is 3.49. The first-order valence-corrected chi connectivity index (χ1v) is 10.9. The Balaban J connectivity index is 1.79. The Labute approximate surface area is 202 Å². The second kappa shape index (κ2) is 9.63. The lowest BCUT2D eigenvalue weighted by Gasteiger charge is -2.15. The lowest BCUT2D eigenvalue weighted by Crippen LogP contribution is -2.12. The smallest absolute Gasteiger partial charge is 0.354 e. The molecule has 0 atom stereocenters. The summed E-state index contributed by atoms with van der Waals surface area (Å²) in [6, 6.07) is 11.1. The van der Waals surface area contributed by atoms with Gasteiger partial charge in [0.2, 0.25) is 5.95 Å². The molecule has 5 nitrogen and oxygen atoms in total. The molecule has 0 amide bonds. The van der Waals surface area contributed by atoms with E-state index in [0.717, 1.165) is 18.2 Å². The maximum absolute atomic E-state index is 13.5. The van der Waals surface area contributed by atoms with Crippen molar-refractivity contribution in [2.24, 2.45) is 5.92 Å². The number of nitrogens with zero attached hydrogens (tertiary/aromatic N) is 3. The Morgan fingerprint density at radius 2 is 1.58 bits per heavy atom. The van der Waals surface area contributed by atoms with Gasteiger partial charge in [0.25, 0.3) is 0 Å². The van der Waals surface area contributed by atoms with Crippen molar-refractivity contribution in [1.29, 1.82) is 0 Å². The number of hydrogen-bond donors (Lipinski definition) is 2. The summed E-state index contributed by atoms with van der Waals surface area (Å²) < 4.78 is 79.4. The first-order valence-electron chi connectivity index (χ1n) is 10.9. The zero-order valence-electron chi connectivity index (χ0n) is 19.2. The van der Waals surface area contributed by atoms with Gasteiger partial charge >= 0.3 is 12.4 Å². The van der Waals surface area contributed by atoms with Gasteiger partial charge in [-0.15, -0.1) is 0 Å². The Kier molecular flexibility index (Phi) is 6.75. The van der Waals surface area contributed by atoms with E-state index in [2.05, 4.69) is 25.6 Å². The molecule has 2 aromatic heterocycles. The lowest BCUT2D eigenvalue weighted by molar-refractivity contribution is -0.138. The molecule has 0 bridgehead atoms. The summed E-state index contributed by atoms with van der Waals surface area (Å²) in [5, 5.41) is 6.54. The molecule has 0 aliphatic carbocycles. The zero-order chi connectivity index (χ0) is 26.1. The number of pyridine rings is 1. The Morgan fingerprint density at radius 1 is 0.861 bits per heavy atom. The van der Waals surface area contributed by atoms with E-state index in [1.54, 1.807) is 6.07 Å². The van der Waals surface area contributed by atoms with E-state index in [4.69, 9.17) is 0 Å². The fraction of sp³-hybridized carbons (Fsp3) is 0.240. The summed E-state index contributed by atoms with van der Waals surface area (Å²) in [5.41, 5.74) is -1.00. The average Bonchev–Trinajstić information content (AvgIpc) is 2.81. The second-order valence-electron chi connectivity index (χ2n) is 8.50. The molecule has 11 heteroatoms. The molecule has 0 saturated carbocycles. The van der Waals surface area contributed by atoms with E-state index in [9.17, 15) is 26.3 Å². The van der Waals surface area contributed by atoms with Crippen LogP contribution in [0.4, 0.5) is 43.8 Å². The molecule has 188 valence electrons. The quantitative estimate of drug-likeness (QED) is 0.265. The molecule has 0 saturated heterocycles. The third-order valence-electron chi connectivity index (χ3n) is 5.23. The largest absolute Gasteiger partial charge is 0.418 e. The van der Waals surface area contributed by atoms with Gasteiger partial charge in [-0.2, -0.15) is 31.3 Å². The maximum atomic E-state index is 13.5. The van der Waals surface area contributed by atoms with Crippen molar-refractivity contribution in [2.75, 3.05) is 17.2 Å². The number of anilines is 3. The number of halogens is 6. The lowest BCUT2D eigenvalue weighted by atomic mass is 10.0. The third kappa shape index (κ3) is 5.67. The number of aromatic nitrogens is 3. The standard InChI is InChI=1S/C25H21F6N5/c1-14(2)13-33-23-35-20-12-15(21-19(25(29,30)31)4-3-11-32-21)5-10-18(20)22(36-23)34-17-8-6-16(7-9-17)24(26,27)28/h3-12,14H,13H2,1-2H3,(H2,33,34,35,36). The minimum absolute atomic E-state index is 0.212. The van der Waals surface area contributed by atoms with Crippen molar-refractivity contribution in [3.05, 3.63) is 71.9 Å². The monoisotopic (exact) mass is 505 g/mol. The van der Waals surface area contributed by atoms with Gasteiger partial charge in [-0.05, 0) is 54.4 Å². The minimum Gasteiger partial charge on any atom is -0.354 e. The van der Waals surface area contributed by atoms with E-state index < -0.39 is 23.5 Å². The molecule has 2 heterocycles. The van der Waals surface area contributed by atoms with Crippen LogP contribution in [0.3, 0.4) is 0 Å². The van der Waals surface area contributed by atoms with Crippen LogP contribution in [0.2, 0.25) is 0 Å². The molecule has 0 fully saturated rings. The highest BCUT2D eigenvalue weighted by molar-refractivity contribution is 5.94. The summed E-state index contributed by atoms with van der Waals surface area (Å²) in [7, 11) is 0. The highest BCUT2D eigenvalue weighted by atomic mass is 19.4. The Bertz CT molecular complexity index is 1360.